The number of amides is 2. The third-order valence-corrected chi connectivity index (χ3v) is 6.08. The van der Waals surface area contributed by atoms with Crippen molar-refractivity contribution in [3.05, 3.63) is 56.7 Å². The molecule has 0 bridgehead atoms. The molecule has 1 saturated carbocycles. The number of likely N-dealkylation sites (tertiary alicyclic amines) is 1. The first-order valence-electron chi connectivity index (χ1n) is 10.2. The van der Waals surface area contributed by atoms with Gasteiger partial charge in [0, 0.05) is 54.6 Å². The SMILES string of the molecule is Cc1cc(CNC(=O)N2CCC[C@@H](N(c3nccc(=O)[nH]3)C3CC3)C2)c(F)cc1Cl. The van der Waals surface area contributed by atoms with Gasteiger partial charge in [0.1, 0.15) is 5.82 Å². The first kappa shape index (κ1) is 20.7. The van der Waals surface area contributed by atoms with Gasteiger partial charge in [-0.3, -0.25) is 9.78 Å². The van der Waals surface area contributed by atoms with E-state index in [1.807, 2.05) is 0 Å². The van der Waals surface area contributed by atoms with E-state index < -0.39 is 5.82 Å². The largest absolute Gasteiger partial charge is 0.335 e. The number of aryl methyl sites for hydroxylation is 1. The van der Waals surface area contributed by atoms with Gasteiger partial charge in [-0.2, -0.15) is 0 Å². The second kappa shape index (κ2) is 8.63. The zero-order valence-corrected chi connectivity index (χ0v) is 17.6. The van der Waals surface area contributed by atoms with Crippen LogP contribution in [0, 0.1) is 12.7 Å². The van der Waals surface area contributed by atoms with Crippen LogP contribution in [-0.4, -0.2) is 46.1 Å². The third kappa shape index (κ3) is 4.59. The summed E-state index contributed by atoms with van der Waals surface area (Å²) in [4.78, 5) is 35.6. The summed E-state index contributed by atoms with van der Waals surface area (Å²) in [5.41, 5.74) is 0.991. The number of hydrogen-bond acceptors (Lipinski definition) is 4. The van der Waals surface area contributed by atoms with Gasteiger partial charge in [0.05, 0.1) is 0 Å². The lowest BCUT2D eigenvalue weighted by Crippen LogP contribution is -2.53. The number of carbonyl (C=O) groups excluding carboxylic acids is 1. The second-order valence-corrected chi connectivity index (χ2v) is 8.40. The molecule has 1 atom stereocenters. The van der Waals surface area contributed by atoms with Gasteiger partial charge >= 0.3 is 6.03 Å². The van der Waals surface area contributed by atoms with E-state index in [0.29, 0.717) is 35.7 Å². The topological polar surface area (TPSA) is 81.3 Å². The molecule has 0 spiro atoms. The highest BCUT2D eigenvalue weighted by atomic mass is 35.5. The van der Waals surface area contributed by atoms with E-state index in [0.717, 1.165) is 31.2 Å². The van der Waals surface area contributed by atoms with Crippen LogP contribution in [-0.2, 0) is 6.54 Å². The van der Waals surface area contributed by atoms with Gasteiger partial charge in [0.25, 0.3) is 5.56 Å². The maximum absolute atomic E-state index is 14.1. The molecule has 1 aliphatic carbocycles. The number of carbonyl (C=O) groups is 1. The Labute approximate surface area is 179 Å². The molecule has 2 fully saturated rings. The number of urea groups is 1. The molecule has 30 heavy (non-hydrogen) atoms. The Bertz CT molecular complexity index is 994. The van der Waals surface area contributed by atoms with Crippen molar-refractivity contribution in [1.82, 2.24) is 20.2 Å². The molecular weight excluding hydrogens is 409 g/mol. The zero-order valence-electron chi connectivity index (χ0n) is 16.8. The quantitative estimate of drug-likeness (QED) is 0.758. The van der Waals surface area contributed by atoms with Crippen LogP contribution < -0.4 is 15.8 Å². The number of nitrogens with zero attached hydrogens (tertiary/aromatic N) is 3. The number of halogens is 2. The van der Waals surface area contributed by atoms with Gasteiger partial charge in [-0.1, -0.05) is 11.6 Å². The summed E-state index contributed by atoms with van der Waals surface area (Å²) in [6, 6.07) is 4.52. The number of hydrogen-bond donors (Lipinski definition) is 2. The summed E-state index contributed by atoms with van der Waals surface area (Å²) in [5, 5.41) is 3.19. The Hall–Kier alpha value is -2.61. The predicted octanol–water partition coefficient (Wildman–Crippen LogP) is 3.21. The Kier molecular flexibility index (Phi) is 5.94. The summed E-state index contributed by atoms with van der Waals surface area (Å²) >= 11 is 5.94. The standard InChI is InChI=1S/C21H25ClFN5O2/c1-13-9-14(18(23)10-17(13)22)11-25-21(30)27-8-2-3-16(12-27)28(15-4-5-15)20-24-7-6-19(29)26-20/h6-7,9-10,15-16H,2-5,8,11-12H2,1H3,(H,25,30)(H,24,26,29)/t16-/m1/s1. The molecule has 160 valence electrons. The highest BCUT2D eigenvalue weighted by molar-refractivity contribution is 6.31. The number of benzene rings is 1. The molecule has 2 amide bonds. The maximum atomic E-state index is 14.1. The Morgan fingerprint density at radius 1 is 1.37 bits per heavy atom. The minimum absolute atomic E-state index is 0.0806. The number of nitrogens with one attached hydrogen (secondary N) is 2. The number of aromatic nitrogens is 2. The molecule has 2 heterocycles. The van der Waals surface area contributed by atoms with Crippen molar-refractivity contribution >= 4 is 23.6 Å². The van der Waals surface area contributed by atoms with E-state index in [-0.39, 0.29) is 24.2 Å². The van der Waals surface area contributed by atoms with Crippen molar-refractivity contribution in [2.45, 2.75) is 51.2 Å². The maximum Gasteiger partial charge on any atom is 0.317 e. The van der Waals surface area contributed by atoms with Crippen LogP contribution in [0.25, 0.3) is 0 Å². The van der Waals surface area contributed by atoms with Crippen LogP contribution in [0.1, 0.15) is 36.8 Å². The van der Waals surface area contributed by atoms with Gasteiger partial charge < -0.3 is 15.1 Å². The van der Waals surface area contributed by atoms with E-state index in [4.69, 9.17) is 11.6 Å². The minimum atomic E-state index is -0.429. The number of H-pyrrole nitrogens is 1. The molecule has 2 aromatic rings. The normalized spacial score (nSPS) is 18.9. The van der Waals surface area contributed by atoms with E-state index in [9.17, 15) is 14.0 Å². The Morgan fingerprint density at radius 2 is 2.17 bits per heavy atom. The van der Waals surface area contributed by atoms with E-state index >= 15 is 0 Å². The molecule has 1 saturated heterocycles. The molecule has 9 heteroatoms. The Balaban J connectivity index is 1.42. The molecule has 7 nitrogen and oxygen atoms in total. The molecule has 0 unspecified atom stereocenters. The van der Waals surface area contributed by atoms with Gasteiger partial charge in [0.2, 0.25) is 5.95 Å². The van der Waals surface area contributed by atoms with E-state index in [2.05, 4.69) is 20.2 Å². The van der Waals surface area contributed by atoms with Gasteiger partial charge in [0.15, 0.2) is 0 Å². The second-order valence-electron chi connectivity index (χ2n) is 7.99. The highest BCUT2D eigenvalue weighted by Gasteiger charge is 2.38. The highest BCUT2D eigenvalue weighted by Crippen LogP contribution is 2.33. The zero-order chi connectivity index (χ0) is 21.3. The van der Waals surface area contributed by atoms with Crippen molar-refractivity contribution in [1.29, 1.82) is 0 Å². The summed E-state index contributed by atoms with van der Waals surface area (Å²) in [7, 11) is 0. The van der Waals surface area contributed by atoms with Crippen LogP contribution in [0.2, 0.25) is 5.02 Å². The number of piperidine rings is 1. The van der Waals surface area contributed by atoms with Crippen LogP contribution in [0.5, 0.6) is 0 Å². The van der Waals surface area contributed by atoms with E-state index in [1.165, 1.54) is 18.3 Å². The number of aromatic amines is 1. The summed E-state index contributed by atoms with van der Waals surface area (Å²) < 4.78 is 14.1. The Morgan fingerprint density at radius 3 is 2.90 bits per heavy atom. The lowest BCUT2D eigenvalue weighted by molar-refractivity contribution is 0.177. The van der Waals surface area contributed by atoms with Crippen LogP contribution in [0.3, 0.4) is 0 Å². The molecule has 0 radical (unpaired) electrons. The molecule has 1 aromatic heterocycles. The van der Waals surface area contributed by atoms with Crippen LogP contribution >= 0.6 is 11.6 Å². The molecule has 2 N–H and O–H groups in total. The van der Waals surface area contributed by atoms with Crippen molar-refractivity contribution in [3.8, 4) is 0 Å². The smallest absolute Gasteiger partial charge is 0.317 e. The van der Waals surface area contributed by atoms with Crippen molar-refractivity contribution in [2.75, 3.05) is 18.0 Å². The third-order valence-electron chi connectivity index (χ3n) is 5.68. The minimum Gasteiger partial charge on any atom is -0.335 e. The average molecular weight is 434 g/mol. The lowest BCUT2D eigenvalue weighted by Gasteiger charge is -2.39. The first-order valence-corrected chi connectivity index (χ1v) is 10.6. The monoisotopic (exact) mass is 433 g/mol. The molecule has 1 aliphatic heterocycles. The lowest BCUT2D eigenvalue weighted by atomic mass is 10.0. The molecular formula is C21H25ClFN5O2. The fourth-order valence-electron chi connectivity index (χ4n) is 3.99. The summed E-state index contributed by atoms with van der Waals surface area (Å²) in [6.07, 6.45) is 5.39. The first-order chi connectivity index (χ1) is 14.4. The summed E-state index contributed by atoms with van der Waals surface area (Å²) in [6.45, 7) is 3.07. The number of rotatable bonds is 5. The van der Waals surface area contributed by atoms with Gasteiger partial charge in [-0.05, 0) is 50.3 Å². The number of anilines is 1. The fraction of sp³-hybridized carbons (Fsp3) is 0.476. The van der Waals surface area contributed by atoms with Crippen LogP contribution in [0.4, 0.5) is 15.1 Å². The molecule has 4 rings (SSSR count). The van der Waals surface area contributed by atoms with Crippen molar-refractivity contribution < 1.29 is 9.18 Å². The summed E-state index contributed by atoms with van der Waals surface area (Å²) in [5.74, 6) is 0.136. The van der Waals surface area contributed by atoms with E-state index in [1.54, 1.807) is 17.9 Å². The molecule has 1 aromatic carbocycles. The van der Waals surface area contributed by atoms with Crippen molar-refractivity contribution in [2.24, 2.45) is 0 Å². The van der Waals surface area contributed by atoms with Gasteiger partial charge in [-0.15, -0.1) is 0 Å². The average Bonchev–Trinajstić information content (AvgIpc) is 3.55. The predicted molar refractivity (Wildman–Crippen MR) is 113 cm³/mol. The van der Waals surface area contributed by atoms with Crippen molar-refractivity contribution in [3.63, 3.8) is 0 Å². The van der Waals surface area contributed by atoms with Crippen LogP contribution in [0.15, 0.2) is 29.2 Å². The molecule has 2 aliphatic rings. The van der Waals surface area contributed by atoms with Gasteiger partial charge in [-0.25, -0.2) is 14.2 Å². The fourth-order valence-corrected chi connectivity index (χ4v) is 4.14.